The number of benzene rings is 6. The van der Waals surface area contributed by atoms with Gasteiger partial charge in [0.1, 0.15) is 16.8 Å². The number of hydrogen-bond donors (Lipinski definition) is 4. The van der Waals surface area contributed by atoms with Gasteiger partial charge >= 0.3 is 30.2 Å². The van der Waals surface area contributed by atoms with Gasteiger partial charge in [0.2, 0.25) is 30.1 Å². The average molecular weight is 1960 g/mol. The maximum Gasteiger partial charge on any atom is 0.410 e. The molecule has 7 heterocycles. The predicted molar refractivity (Wildman–Crippen MR) is 531 cm³/mol. The molecule has 7 saturated heterocycles. The van der Waals surface area contributed by atoms with Crippen molar-refractivity contribution in [2.24, 2.45) is 29.4 Å². The number of nitrogens with two attached hydrogens (primary N) is 1. The van der Waals surface area contributed by atoms with Crippen LogP contribution < -0.4 is 16.4 Å². The zero-order valence-electron chi connectivity index (χ0n) is 80.7. The minimum Gasteiger partial charge on any atom is -0.478 e. The highest BCUT2D eigenvalue weighted by molar-refractivity contribution is 7.88. The first-order chi connectivity index (χ1) is 63.0. The van der Waals surface area contributed by atoms with Crippen molar-refractivity contribution < 1.29 is 78.1 Å². The van der Waals surface area contributed by atoms with Crippen LogP contribution in [0, 0.1) is 23.7 Å². The second-order valence-corrected chi connectivity index (χ2v) is 45.1. The van der Waals surface area contributed by atoms with Crippen molar-refractivity contribution in [1.29, 1.82) is 0 Å². The van der Waals surface area contributed by atoms with E-state index in [1.54, 1.807) is 64.0 Å². The summed E-state index contributed by atoms with van der Waals surface area (Å²) in [4.78, 5) is 78.5. The highest BCUT2D eigenvalue weighted by Crippen LogP contribution is 2.38. The number of amides is 4. The van der Waals surface area contributed by atoms with Crippen molar-refractivity contribution in [2.45, 2.75) is 245 Å². The molecule has 738 valence electrons. The molecule has 0 saturated carbocycles. The molecule has 32 heteroatoms. The number of carboxylic acid groups (broad SMARTS) is 1. The fourth-order valence-electron chi connectivity index (χ4n) is 17.1. The number of carbonyl (C=O) groups is 6. The van der Waals surface area contributed by atoms with Gasteiger partial charge in [0, 0.05) is 106 Å². The lowest BCUT2D eigenvalue weighted by Crippen LogP contribution is -2.42. The van der Waals surface area contributed by atoms with E-state index in [2.05, 4.69) is 24.5 Å². The number of methoxy groups -OCH3 is 1. The van der Waals surface area contributed by atoms with Gasteiger partial charge in [-0.25, -0.2) is 62.1 Å². The Kier molecular flexibility index (Phi) is 45.7. The van der Waals surface area contributed by atoms with Crippen molar-refractivity contribution in [3.05, 3.63) is 211 Å². The van der Waals surface area contributed by atoms with Crippen molar-refractivity contribution >= 4 is 101 Å². The molecule has 0 aromatic heterocycles. The monoisotopic (exact) mass is 1960 g/mol. The van der Waals surface area contributed by atoms with Crippen LogP contribution in [0.15, 0.2) is 146 Å². The molecule has 0 bridgehead atoms. The molecule has 0 radical (unpaired) electrons. The number of ether oxygens (including phenoxy) is 4. The van der Waals surface area contributed by atoms with Gasteiger partial charge in [0.25, 0.3) is 5.91 Å². The van der Waals surface area contributed by atoms with Crippen LogP contribution in [-0.2, 0) is 66.3 Å². The van der Waals surface area contributed by atoms with Crippen molar-refractivity contribution in [2.75, 3.05) is 112 Å². The van der Waals surface area contributed by atoms with E-state index in [0.717, 1.165) is 97.1 Å². The van der Waals surface area contributed by atoms with Gasteiger partial charge in [0.05, 0.1) is 35.5 Å². The third-order valence-electron chi connectivity index (χ3n) is 24.7. The molecule has 5 N–H and O–H groups in total. The molecule has 133 heavy (non-hydrogen) atoms. The Labute approximate surface area is 808 Å². The fourth-order valence-corrected chi connectivity index (χ4v) is 22.3. The SMILES string of the molecule is CC.CC(C)(C)OC(=O)N1CCC(c2ccc(Cl)cc2C(=O)NCC2CCN(S(=O)(=O)Cc3ccccc3)CC2)CC1.CC(C)(C)OC(=O)N1CCC(c2ccc(Cl)cc2C(=O)O)CC1.CCC1CCN(S(=O)(=O)Cc2ccccc2)CC1.CCC1CCNCC1.COC(=O)c1cc(Cl)ccc1C1CCN(C(=O)OC(C)(C)C)CC1.NCC1CCN(S(=O)(=O)Cc2ccccc2)CC1. The van der Waals surface area contributed by atoms with Crippen molar-refractivity contribution in [1.82, 2.24) is 38.2 Å². The van der Waals surface area contributed by atoms with Crippen LogP contribution in [0.25, 0.3) is 0 Å². The smallest absolute Gasteiger partial charge is 0.410 e. The molecule has 6 aromatic rings. The predicted octanol–water partition coefficient (Wildman–Crippen LogP) is 20.1. The number of carboxylic acids is 1. The maximum absolute atomic E-state index is 13.3. The highest BCUT2D eigenvalue weighted by atomic mass is 35.5. The summed E-state index contributed by atoms with van der Waals surface area (Å²) in [5, 5.41) is 17.2. The fraction of sp³-hybridized carbons (Fsp3) is 0.584. The number of piperidine rings is 7. The lowest BCUT2D eigenvalue weighted by Gasteiger charge is -2.34. The minimum atomic E-state index is -3.38. The Balaban J connectivity index is 0.000000228. The Morgan fingerprint density at radius 1 is 0.406 bits per heavy atom. The summed E-state index contributed by atoms with van der Waals surface area (Å²) < 4.78 is 101. The van der Waals surface area contributed by atoms with E-state index in [1.807, 2.05) is 179 Å². The largest absolute Gasteiger partial charge is 0.478 e. The number of rotatable bonds is 20. The molecule has 7 aliphatic heterocycles. The molecule has 7 fully saturated rings. The number of sulfonamides is 3. The molecule has 7 aliphatic rings. The Bertz CT molecular complexity index is 4860. The van der Waals surface area contributed by atoms with Gasteiger partial charge in [-0.1, -0.05) is 185 Å². The van der Waals surface area contributed by atoms with Gasteiger partial charge < -0.3 is 55.1 Å². The minimum absolute atomic E-state index is 0.00346. The molecular formula is C101H148Cl3N9O17S3. The summed E-state index contributed by atoms with van der Waals surface area (Å²) in [6.45, 7) is 35.7. The topological polar surface area (TPSA) is 332 Å². The first-order valence-corrected chi connectivity index (χ1v) is 53.3. The number of hydrogen-bond acceptors (Lipinski definition) is 18. The van der Waals surface area contributed by atoms with E-state index in [-0.39, 0.29) is 76.6 Å². The normalized spacial score (nSPS) is 17.7. The van der Waals surface area contributed by atoms with Gasteiger partial charge in [-0.3, -0.25) is 4.79 Å². The average Bonchev–Trinajstić information content (AvgIpc) is 0.894. The van der Waals surface area contributed by atoms with E-state index in [1.165, 1.54) is 45.5 Å². The molecule has 0 atom stereocenters. The van der Waals surface area contributed by atoms with Crippen LogP contribution in [0.1, 0.15) is 275 Å². The molecule has 0 unspecified atom stereocenters. The van der Waals surface area contributed by atoms with Crippen LogP contribution >= 0.6 is 34.8 Å². The van der Waals surface area contributed by atoms with Crippen LogP contribution in [0.5, 0.6) is 0 Å². The third-order valence-corrected chi connectivity index (χ3v) is 30.9. The molecule has 0 aliphatic carbocycles. The Morgan fingerprint density at radius 2 is 0.692 bits per heavy atom. The highest BCUT2D eigenvalue weighted by Gasteiger charge is 2.37. The lowest BCUT2D eigenvalue weighted by atomic mass is 9.86. The van der Waals surface area contributed by atoms with E-state index in [4.69, 9.17) is 59.5 Å². The quantitative estimate of drug-likeness (QED) is 0.0407. The van der Waals surface area contributed by atoms with E-state index in [9.17, 15) is 59.1 Å². The van der Waals surface area contributed by atoms with E-state index >= 15 is 0 Å². The zero-order chi connectivity index (χ0) is 97.9. The van der Waals surface area contributed by atoms with Crippen LogP contribution in [0.4, 0.5) is 14.4 Å². The van der Waals surface area contributed by atoms with Crippen molar-refractivity contribution in [3.8, 4) is 0 Å². The summed E-state index contributed by atoms with van der Waals surface area (Å²) in [6.07, 6.45) is 14.0. The number of carbonyl (C=O) groups excluding carboxylic acids is 5. The van der Waals surface area contributed by atoms with E-state index in [0.29, 0.717) is 155 Å². The standard InChI is InChI=1S/C30H40ClN3O5S.C18H24ClNO4.C17H22ClNO4.C14H21NO2S.C13H20N2O2S.C7H15N.C2H6/c1-30(2,3)39-29(36)33-15-13-24(14-16-33)26-10-9-25(31)19-27(26)28(35)32-20-22-11-17-34(18-12-22)40(37,38)21-23-7-5-4-6-8-23;1-18(2,3)24-17(22)20-9-7-12(8-10-20)14-6-5-13(19)11-15(14)16(21)23-4;1-17(2,3)23-16(22)19-8-6-11(7-9-19)13-5-4-12(18)10-14(13)15(20)21;1-2-13-8-10-15(11-9-13)18(16,17)12-14-6-4-3-5-7-14;14-10-12-6-8-15(9-7-12)18(16,17)11-13-4-2-1-3-5-13;1-2-7-3-5-8-6-4-7;1-2/h4-10,19,22,24H,11-18,20-21H2,1-3H3,(H,32,35);5-6,11-12H,7-10H2,1-4H3;4-5,10-11H,6-9H2,1-3H3,(H,20,21);3-7,13H,2,8-12H2,1H3;1-5,12H,6-11,14H2;7-8H,2-6H2,1H3;1-2H3. The number of nitrogens with one attached hydrogen (secondary N) is 2. The zero-order valence-corrected chi connectivity index (χ0v) is 85.5. The van der Waals surface area contributed by atoms with Gasteiger partial charge in [-0.05, 0) is 283 Å². The number of esters is 1. The summed E-state index contributed by atoms with van der Waals surface area (Å²) in [5.41, 5.74) is 10.5. The molecule has 6 aromatic carbocycles. The molecule has 26 nitrogen and oxygen atoms in total. The van der Waals surface area contributed by atoms with Crippen LogP contribution in [0.2, 0.25) is 15.1 Å². The number of aromatic carboxylic acids is 1. The van der Waals surface area contributed by atoms with Crippen LogP contribution in [0.3, 0.4) is 0 Å². The van der Waals surface area contributed by atoms with Crippen molar-refractivity contribution in [3.63, 3.8) is 0 Å². The lowest BCUT2D eigenvalue weighted by molar-refractivity contribution is 0.0194. The van der Waals surface area contributed by atoms with Gasteiger partial charge in [-0.15, -0.1) is 0 Å². The number of likely N-dealkylation sites (tertiary alicyclic amines) is 3. The van der Waals surface area contributed by atoms with E-state index < -0.39 is 52.8 Å². The third kappa shape index (κ3) is 38.2. The first kappa shape index (κ1) is 112. The summed E-state index contributed by atoms with van der Waals surface area (Å²) in [6, 6.07) is 43.7. The molecular weight excluding hydrogens is 1810 g/mol. The first-order valence-electron chi connectivity index (χ1n) is 47.3. The summed E-state index contributed by atoms with van der Waals surface area (Å²) in [5.74, 6) is 1.53. The maximum atomic E-state index is 13.3. The molecule has 13 rings (SSSR count). The summed E-state index contributed by atoms with van der Waals surface area (Å²) >= 11 is 18.2. The number of halogens is 3. The molecule has 0 spiro atoms. The Morgan fingerprint density at radius 3 is 0.985 bits per heavy atom. The second-order valence-electron chi connectivity index (χ2n) is 37.9. The molecule has 4 amide bonds. The van der Waals surface area contributed by atoms with Gasteiger partial charge in [-0.2, -0.15) is 0 Å². The number of nitrogens with zero attached hydrogens (tertiary/aromatic N) is 6. The second kappa shape index (κ2) is 54.3. The van der Waals surface area contributed by atoms with Gasteiger partial charge in [0.15, 0.2) is 0 Å². The summed E-state index contributed by atoms with van der Waals surface area (Å²) in [7, 11) is -8.33. The van der Waals surface area contributed by atoms with Crippen LogP contribution in [-0.4, -0.2) is 223 Å². The Hall–Kier alpha value is -7.94.